The van der Waals surface area contributed by atoms with E-state index in [0.717, 1.165) is 54.7 Å². The van der Waals surface area contributed by atoms with Gasteiger partial charge >= 0.3 is 0 Å². The zero-order valence-corrected chi connectivity index (χ0v) is 18.7. The van der Waals surface area contributed by atoms with Gasteiger partial charge in [-0.15, -0.1) is 11.3 Å². The van der Waals surface area contributed by atoms with E-state index < -0.39 is 0 Å². The van der Waals surface area contributed by atoms with Crippen molar-refractivity contribution >= 4 is 28.2 Å². The van der Waals surface area contributed by atoms with E-state index in [1.165, 1.54) is 4.88 Å². The number of nitrogens with zero attached hydrogens (tertiary/aromatic N) is 5. The summed E-state index contributed by atoms with van der Waals surface area (Å²) < 4.78 is 0. The lowest BCUT2D eigenvalue weighted by Crippen LogP contribution is -2.38. The predicted octanol–water partition coefficient (Wildman–Crippen LogP) is 3.77. The maximum absolute atomic E-state index is 12.8. The summed E-state index contributed by atoms with van der Waals surface area (Å²) in [6, 6.07) is 1.82. The first-order chi connectivity index (χ1) is 13.8. The van der Waals surface area contributed by atoms with Crippen molar-refractivity contribution in [1.29, 1.82) is 0 Å². The second-order valence-electron chi connectivity index (χ2n) is 7.75. The Morgan fingerprint density at radius 1 is 1.28 bits per heavy atom. The number of nitrogens with one attached hydrogen (secondary N) is 1. The molecule has 7 nitrogen and oxygen atoms in total. The highest BCUT2D eigenvalue weighted by Gasteiger charge is 2.29. The highest BCUT2D eigenvalue weighted by atomic mass is 32.1. The van der Waals surface area contributed by atoms with Crippen LogP contribution >= 0.6 is 11.3 Å². The Kier molecular flexibility index (Phi) is 6.97. The minimum atomic E-state index is -0.0968. The number of piperidine rings is 1. The number of likely N-dealkylation sites (N-methyl/N-ethyl adjacent to an activating group) is 1. The van der Waals surface area contributed by atoms with Crippen LogP contribution in [0.5, 0.6) is 0 Å². The molecule has 1 aliphatic heterocycles. The number of hydrogen-bond acceptors (Lipinski definition) is 7. The van der Waals surface area contributed by atoms with E-state index in [1.54, 1.807) is 17.4 Å². The van der Waals surface area contributed by atoms with E-state index in [2.05, 4.69) is 22.2 Å². The highest BCUT2D eigenvalue weighted by Crippen LogP contribution is 2.31. The second-order valence-corrected chi connectivity index (χ2v) is 8.95. The lowest BCUT2D eigenvalue weighted by atomic mass is 10.0. The average molecular weight is 415 g/mol. The number of hydrogen-bond donors (Lipinski definition) is 1. The number of aryl methyl sites for hydroxylation is 3. The Balaban J connectivity index is 1.82. The zero-order valence-electron chi connectivity index (χ0n) is 17.9. The molecule has 0 bridgehead atoms. The van der Waals surface area contributed by atoms with Gasteiger partial charge in [0.2, 0.25) is 5.91 Å². The summed E-state index contributed by atoms with van der Waals surface area (Å²) in [5, 5.41) is 4.14. The van der Waals surface area contributed by atoms with Gasteiger partial charge in [0.05, 0.1) is 11.7 Å². The molecule has 0 radical (unpaired) electrons. The van der Waals surface area contributed by atoms with Crippen LogP contribution in [0.15, 0.2) is 18.2 Å². The molecule has 1 atom stereocenters. The van der Waals surface area contributed by atoms with Crippen LogP contribution in [0.4, 0.5) is 10.9 Å². The Bertz CT molecular complexity index is 872. The number of anilines is 2. The molecule has 0 aromatic carbocycles. The molecule has 1 saturated heterocycles. The first-order valence-corrected chi connectivity index (χ1v) is 10.8. The molecule has 29 heavy (non-hydrogen) atoms. The van der Waals surface area contributed by atoms with Crippen LogP contribution in [0, 0.1) is 20.8 Å². The van der Waals surface area contributed by atoms with Crippen LogP contribution < -0.4 is 5.32 Å². The van der Waals surface area contributed by atoms with Gasteiger partial charge < -0.3 is 15.1 Å². The van der Waals surface area contributed by atoms with Gasteiger partial charge in [-0.1, -0.05) is 6.08 Å². The van der Waals surface area contributed by atoms with E-state index in [4.69, 9.17) is 4.98 Å². The van der Waals surface area contributed by atoms with Gasteiger partial charge in [0.15, 0.2) is 11.0 Å². The number of aromatic nitrogens is 3. The number of carbonyl (C=O) groups is 1. The van der Waals surface area contributed by atoms with Gasteiger partial charge in [-0.25, -0.2) is 15.0 Å². The zero-order chi connectivity index (χ0) is 21.0. The molecular weight excluding hydrogens is 384 g/mol. The van der Waals surface area contributed by atoms with Crippen molar-refractivity contribution in [2.75, 3.05) is 32.5 Å². The largest absolute Gasteiger partial charge is 0.329 e. The average Bonchev–Trinajstić information content (AvgIpc) is 2.98. The van der Waals surface area contributed by atoms with E-state index >= 15 is 0 Å². The molecular formula is C21H30N6OS. The molecule has 1 amide bonds. The molecule has 0 spiro atoms. The number of rotatable bonds is 6. The summed E-state index contributed by atoms with van der Waals surface area (Å²) in [5.41, 5.74) is 1.90. The molecule has 1 aliphatic rings. The Hall–Kier alpha value is -2.32. The molecule has 3 rings (SSSR count). The van der Waals surface area contributed by atoms with Gasteiger partial charge in [0.25, 0.3) is 0 Å². The summed E-state index contributed by atoms with van der Waals surface area (Å²) in [7, 11) is 3.97. The Morgan fingerprint density at radius 2 is 2.07 bits per heavy atom. The molecule has 156 valence electrons. The summed E-state index contributed by atoms with van der Waals surface area (Å²) >= 11 is 1.61. The van der Waals surface area contributed by atoms with E-state index in [0.29, 0.717) is 5.82 Å². The van der Waals surface area contributed by atoms with Gasteiger partial charge in [-0.3, -0.25) is 4.79 Å². The summed E-state index contributed by atoms with van der Waals surface area (Å²) in [5.74, 6) is 1.45. The molecule has 0 unspecified atom stereocenters. The molecule has 1 N–H and O–H groups in total. The van der Waals surface area contributed by atoms with Gasteiger partial charge in [-0.05, 0) is 54.1 Å². The first-order valence-electron chi connectivity index (χ1n) is 10.0. The fourth-order valence-corrected chi connectivity index (χ4v) is 4.19. The molecule has 0 aliphatic carbocycles. The monoisotopic (exact) mass is 414 g/mol. The summed E-state index contributed by atoms with van der Waals surface area (Å²) in [6.07, 6.45) is 6.55. The van der Waals surface area contributed by atoms with Crippen molar-refractivity contribution in [3.63, 3.8) is 0 Å². The van der Waals surface area contributed by atoms with E-state index in [1.807, 2.05) is 49.9 Å². The standard InChI is InChI=1S/C21H30N6OS/c1-14-13-18(25-21-23-15(2)16(3)29-21)24-20(22-14)17-9-6-7-12-27(17)19(28)10-8-11-26(4)5/h8,10,13,17H,6-7,9,11-12H2,1-5H3,(H,22,23,24,25)/b10-8+/t17-/m1/s1. The smallest absolute Gasteiger partial charge is 0.246 e. The van der Waals surface area contributed by atoms with Crippen molar-refractivity contribution in [2.24, 2.45) is 0 Å². The van der Waals surface area contributed by atoms with Gasteiger partial charge in [0.1, 0.15) is 5.82 Å². The third-order valence-electron chi connectivity index (χ3n) is 4.95. The third kappa shape index (κ3) is 5.61. The van der Waals surface area contributed by atoms with Crippen LogP contribution in [0.3, 0.4) is 0 Å². The van der Waals surface area contributed by atoms with Crippen molar-refractivity contribution in [1.82, 2.24) is 24.8 Å². The van der Waals surface area contributed by atoms with E-state index in [9.17, 15) is 4.79 Å². The lowest BCUT2D eigenvalue weighted by molar-refractivity contribution is -0.129. The highest BCUT2D eigenvalue weighted by molar-refractivity contribution is 7.15. The predicted molar refractivity (Wildman–Crippen MR) is 118 cm³/mol. The molecule has 2 aromatic rings. The third-order valence-corrected chi connectivity index (χ3v) is 5.94. The number of amides is 1. The number of likely N-dealkylation sites (tertiary alicyclic amines) is 1. The second kappa shape index (κ2) is 9.45. The molecule has 8 heteroatoms. The van der Waals surface area contributed by atoms with Crippen LogP contribution in [0.25, 0.3) is 0 Å². The SMILES string of the molecule is Cc1cc(Nc2nc(C)c(C)s2)nc([C@H]2CCCCN2C(=O)/C=C/CN(C)C)n1. The number of thiazole rings is 1. The fourth-order valence-electron chi connectivity index (χ4n) is 3.36. The normalized spacial score (nSPS) is 17.3. The van der Waals surface area contributed by atoms with Crippen LogP contribution in [0.1, 0.15) is 47.4 Å². The van der Waals surface area contributed by atoms with E-state index in [-0.39, 0.29) is 11.9 Å². The first kappa shape index (κ1) is 21.4. The minimum Gasteiger partial charge on any atom is -0.329 e. The maximum Gasteiger partial charge on any atom is 0.246 e. The number of carbonyl (C=O) groups excluding carboxylic acids is 1. The molecule has 2 aromatic heterocycles. The van der Waals surface area contributed by atoms with Crippen molar-refractivity contribution in [2.45, 2.75) is 46.1 Å². The van der Waals surface area contributed by atoms with Crippen molar-refractivity contribution < 1.29 is 4.79 Å². The fraction of sp³-hybridized carbons (Fsp3) is 0.524. The van der Waals surface area contributed by atoms with Crippen LogP contribution in [0.2, 0.25) is 0 Å². The van der Waals surface area contributed by atoms with Crippen molar-refractivity contribution in [3.05, 3.63) is 40.3 Å². The summed E-state index contributed by atoms with van der Waals surface area (Å²) in [6.45, 7) is 7.50. The lowest BCUT2D eigenvalue weighted by Gasteiger charge is -2.34. The Morgan fingerprint density at radius 3 is 2.76 bits per heavy atom. The maximum atomic E-state index is 12.8. The Labute approximate surface area is 176 Å². The van der Waals surface area contributed by atoms with Crippen LogP contribution in [-0.4, -0.2) is 57.8 Å². The summed E-state index contributed by atoms with van der Waals surface area (Å²) in [4.78, 5) is 31.9. The van der Waals surface area contributed by atoms with Crippen molar-refractivity contribution in [3.8, 4) is 0 Å². The quantitative estimate of drug-likeness (QED) is 0.725. The molecule has 1 fully saturated rings. The molecule has 3 heterocycles. The van der Waals surface area contributed by atoms with Crippen LogP contribution in [-0.2, 0) is 4.79 Å². The van der Waals surface area contributed by atoms with Gasteiger partial charge in [0, 0.05) is 35.8 Å². The van der Waals surface area contributed by atoms with Gasteiger partial charge in [-0.2, -0.15) is 0 Å². The minimum absolute atomic E-state index is 0.0299. The topological polar surface area (TPSA) is 74.2 Å². The molecule has 0 saturated carbocycles.